The summed E-state index contributed by atoms with van der Waals surface area (Å²) >= 11 is 0. The lowest BCUT2D eigenvalue weighted by atomic mass is 10.2. The summed E-state index contributed by atoms with van der Waals surface area (Å²) in [5.41, 5.74) is 0.636. The van der Waals surface area contributed by atoms with Crippen LogP contribution in [0.2, 0.25) is 0 Å². The van der Waals surface area contributed by atoms with Crippen molar-refractivity contribution in [2.75, 3.05) is 0 Å². The largest absolute Gasteiger partial charge is 0.386 e. The van der Waals surface area contributed by atoms with Crippen molar-refractivity contribution in [1.29, 1.82) is 0 Å². The van der Waals surface area contributed by atoms with E-state index in [9.17, 15) is 14.4 Å². The van der Waals surface area contributed by atoms with Crippen LogP contribution in [0.1, 0.15) is 41.0 Å². The quantitative estimate of drug-likeness (QED) is 0.639. The maximum absolute atomic E-state index is 11.5. The van der Waals surface area contributed by atoms with Crippen LogP contribution in [-0.4, -0.2) is 17.7 Å². The van der Waals surface area contributed by atoms with Gasteiger partial charge in [0.2, 0.25) is 0 Å². The predicted octanol–water partition coefficient (Wildman–Crippen LogP) is 3.60. The van der Waals surface area contributed by atoms with E-state index < -0.39 is 11.9 Å². The highest BCUT2D eigenvalue weighted by atomic mass is 17.2. The first kappa shape index (κ1) is 18.1. The van der Waals surface area contributed by atoms with Crippen LogP contribution in [0.15, 0.2) is 60.7 Å². The number of hydrogen-bond donors (Lipinski definition) is 0. The third-order valence-corrected chi connectivity index (χ3v) is 2.71. The van der Waals surface area contributed by atoms with Crippen molar-refractivity contribution in [2.24, 2.45) is 0 Å². The van der Waals surface area contributed by atoms with Crippen molar-refractivity contribution in [1.82, 2.24) is 0 Å². The zero-order valence-electron chi connectivity index (χ0n) is 13.0. The molecule has 120 valence electrons. The maximum atomic E-state index is 11.5. The molecule has 2 rings (SSSR count). The van der Waals surface area contributed by atoms with Gasteiger partial charge in [0.05, 0.1) is 11.1 Å². The van der Waals surface area contributed by atoms with Crippen molar-refractivity contribution >= 4 is 17.7 Å². The molecule has 0 aromatic heterocycles. The van der Waals surface area contributed by atoms with Gasteiger partial charge in [-0.3, -0.25) is 0 Å². The Balaban J connectivity index is 0.000000463. The van der Waals surface area contributed by atoms with Crippen molar-refractivity contribution < 1.29 is 24.2 Å². The summed E-state index contributed by atoms with van der Waals surface area (Å²) in [6.07, 6.45) is 0.667. The number of Topliss-reactive ketones (excluding diaryl/α,β-unsaturated/α-hetero) is 1. The molecule has 2 aromatic rings. The van der Waals surface area contributed by atoms with Crippen molar-refractivity contribution in [3.63, 3.8) is 0 Å². The van der Waals surface area contributed by atoms with Crippen molar-refractivity contribution in [2.45, 2.75) is 20.3 Å². The lowest BCUT2D eigenvalue weighted by molar-refractivity contribution is -0.187. The monoisotopic (exact) mass is 314 g/mol. The van der Waals surface area contributed by atoms with Crippen LogP contribution < -0.4 is 0 Å². The molecular weight excluding hydrogens is 296 g/mol. The summed E-state index contributed by atoms with van der Waals surface area (Å²) in [6.45, 7) is 3.43. The Hall–Kier alpha value is -2.95. The number of carbonyl (C=O) groups excluding carboxylic acids is 3. The molecule has 0 radical (unpaired) electrons. The first-order chi connectivity index (χ1) is 11.0. The molecule has 0 aliphatic heterocycles. The molecule has 23 heavy (non-hydrogen) atoms. The van der Waals surface area contributed by atoms with E-state index in [1.165, 1.54) is 0 Å². The second-order valence-corrected chi connectivity index (χ2v) is 4.53. The zero-order valence-corrected chi connectivity index (χ0v) is 13.0. The van der Waals surface area contributed by atoms with Crippen LogP contribution in [0.3, 0.4) is 0 Å². The molecule has 0 fully saturated rings. The van der Waals surface area contributed by atoms with Crippen LogP contribution >= 0.6 is 0 Å². The van der Waals surface area contributed by atoms with E-state index in [0.717, 1.165) is 0 Å². The fourth-order valence-corrected chi connectivity index (χ4v) is 1.32. The minimum atomic E-state index is -0.708. The Kier molecular flexibility index (Phi) is 7.78. The highest BCUT2D eigenvalue weighted by Crippen LogP contribution is 2.05. The zero-order chi connectivity index (χ0) is 17.1. The SMILES string of the molecule is CCC(C)=O.O=C(OOC(=O)c1ccccc1)c1ccccc1. The first-order valence-electron chi connectivity index (χ1n) is 7.07. The molecular formula is C18H18O5. The minimum Gasteiger partial charge on any atom is -0.300 e. The van der Waals surface area contributed by atoms with Crippen LogP contribution in [0, 0.1) is 0 Å². The molecule has 0 aliphatic carbocycles. The Labute approximate surface area is 134 Å². The average Bonchev–Trinajstić information content (AvgIpc) is 2.61. The van der Waals surface area contributed by atoms with E-state index in [0.29, 0.717) is 17.5 Å². The molecule has 0 saturated heterocycles. The van der Waals surface area contributed by atoms with Gasteiger partial charge < -0.3 is 4.79 Å². The Morgan fingerprint density at radius 3 is 1.30 bits per heavy atom. The number of carbonyl (C=O) groups is 3. The highest BCUT2D eigenvalue weighted by molar-refractivity contribution is 5.92. The van der Waals surface area contributed by atoms with Gasteiger partial charge >= 0.3 is 11.9 Å². The normalized spacial score (nSPS) is 9.13. The second kappa shape index (κ2) is 9.89. The standard InChI is InChI=1S/C14H10O4.C4H8O/c15-13(11-7-3-1-4-8-11)17-18-14(16)12-9-5-2-6-10-12;1-3-4(2)5/h1-10H;3H2,1-2H3. The number of ketones is 1. The molecule has 0 atom stereocenters. The summed E-state index contributed by atoms with van der Waals surface area (Å²) in [6, 6.07) is 16.6. The molecule has 0 heterocycles. The van der Waals surface area contributed by atoms with Gasteiger partial charge in [-0.25, -0.2) is 19.4 Å². The van der Waals surface area contributed by atoms with E-state index >= 15 is 0 Å². The van der Waals surface area contributed by atoms with Crippen LogP contribution in [0.4, 0.5) is 0 Å². The van der Waals surface area contributed by atoms with E-state index in [1.807, 2.05) is 6.92 Å². The molecule has 5 heteroatoms. The number of rotatable bonds is 3. The molecule has 0 spiro atoms. The third kappa shape index (κ3) is 7.04. The molecule has 2 aromatic carbocycles. The fourth-order valence-electron chi connectivity index (χ4n) is 1.32. The van der Waals surface area contributed by atoms with Crippen LogP contribution in [0.25, 0.3) is 0 Å². The van der Waals surface area contributed by atoms with Gasteiger partial charge in [0, 0.05) is 6.42 Å². The van der Waals surface area contributed by atoms with Crippen molar-refractivity contribution in [3.8, 4) is 0 Å². The summed E-state index contributed by atoms with van der Waals surface area (Å²) in [5, 5.41) is 0. The van der Waals surface area contributed by atoms with Crippen LogP contribution in [0.5, 0.6) is 0 Å². The van der Waals surface area contributed by atoms with Gasteiger partial charge in [-0.2, -0.15) is 0 Å². The van der Waals surface area contributed by atoms with Crippen LogP contribution in [-0.2, 0) is 14.6 Å². The van der Waals surface area contributed by atoms with Gasteiger partial charge in [0.15, 0.2) is 0 Å². The molecule has 0 N–H and O–H groups in total. The minimum absolute atomic E-state index is 0.255. The molecule has 0 unspecified atom stereocenters. The lowest BCUT2D eigenvalue weighted by Crippen LogP contribution is -2.11. The van der Waals surface area contributed by atoms with Gasteiger partial charge in [0.25, 0.3) is 0 Å². The first-order valence-corrected chi connectivity index (χ1v) is 7.07. The van der Waals surface area contributed by atoms with E-state index in [1.54, 1.807) is 67.6 Å². The molecule has 0 amide bonds. The fraction of sp³-hybridized carbons (Fsp3) is 0.167. The van der Waals surface area contributed by atoms with E-state index in [4.69, 9.17) is 0 Å². The van der Waals surface area contributed by atoms with Gasteiger partial charge in [-0.15, -0.1) is 0 Å². The smallest absolute Gasteiger partial charge is 0.300 e. The van der Waals surface area contributed by atoms with Gasteiger partial charge in [-0.05, 0) is 31.2 Å². The molecule has 0 bridgehead atoms. The number of hydrogen-bond acceptors (Lipinski definition) is 5. The van der Waals surface area contributed by atoms with Gasteiger partial charge in [0.1, 0.15) is 5.78 Å². The summed E-state index contributed by atoms with van der Waals surface area (Å²) in [4.78, 5) is 41.7. The third-order valence-electron chi connectivity index (χ3n) is 2.71. The summed E-state index contributed by atoms with van der Waals surface area (Å²) < 4.78 is 0. The van der Waals surface area contributed by atoms with Gasteiger partial charge in [-0.1, -0.05) is 43.3 Å². The second-order valence-electron chi connectivity index (χ2n) is 4.53. The molecule has 5 nitrogen and oxygen atoms in total. The Bertz CT molecular complexity index is 583. The summed E-state index contributed by atoms with van der Waals surface area (Å²) in [7, 11) is 0. The lowest BCUT2D eigenvalue weighted by Gasteiger charge is -2.02. The summed E-state index contributed by atoms with van der Waals surface area (Å²) in [5.74, 6) is -1.16. The number of benzene rings is 2. The van der Waals surface area contributed by atoms with E-state index in [2.05, 4.69) is 9.78 Å². The maximum Gasteiger partial charge on any atom is 0.386 e. The average molecular weight is 314 g/mol. The van der Waals surface area contributed by atoms with Crippen molar-refractivity contribution in [3.05, 3.63) is 71.8 Å². The topological polar surface area (TPSA) is 69.7 Å². The predicted molar refractivity (Wildman–Crippen MR) is 84.7 cm³/mol. The Morgan fingerprint density at radius 1 is 0.739 bits per heavy atom. The van der Waals surface area contributed by atoms with E-state index in [-0.39, 0.29) is 5.78 Å². The highest BCUT2D eigenvalue weighted by Gasteiger charge is 2.12. The molecule has 0 saturated carbocycles. The Morgan fingerprint density at radius 2 is 1.04 bits per heavy atom. The molecule has 0 aliphatic rings.